The molecule has 0 spiro atoms. The third kappa shape index (κ3) is 42.6. The molecule has 348 valence electrons. The summed E-state index contributed by atoms with van der Waals surface area (Å²) in [6, 6.07) is 0. The first kappa shape index (κ1) is 75.0. The molecule has 4 amide bonds. The summed E-state index contributed by atoms with van der Waals surface area (Å²) in [6.07, 6.45) is -1.90. The Morgan fingerprint density at radius 1 is 0.333 bits per heavy atom. The van der Waals surface area contributed by atoms with E-state index in [1.54, 1.807) is 41.5 Å². The zero-order valence-electron chi connectivity index (χ0n) is 37.5. The fourth-order valence-electron chi connectivity index (χ4n) is 3.14. The molecule has 0 heterocycles. The number of nitrogens with one attached hydrogen (secondary N) is 4. The van der Waals surface area contributed by atoms with Gasteiger partial charge in [-0.2, -0.15) is 0 Å². The first-order valence-electron chi connectivity index (χ1n) is 17.9. The van der Waals surface area contributed by atoms with Gasteiger partial charge in [0.2, 0.25) is 23.4 Å². The van der Waals surface area contributed by atoms with Gasteiger partial charge in [-0.25, -0.2) is 0 Å². The zero-order valence-corrected chi connectivity index (χ0v) is 37.5. The van der Waals surface area contributed by atoms with Crippen LogP contribution in [-0.4, -0.2) is 79.8 Å². The van der Waals surface area contributed by atoms with E-state index < -0.39 is 45.7 Å². The lowest BCUT2D eigenvalue weighted by Gasteiger charge is -2.29. The minimum atomic E-state index is -0.952. The van der Waals surface area contributed by atoms with Crippen molar-refractivity contribution in [3.8, 4) is 0 Å². The van der Waals surface area contributed by atoms with Crippen molar-refractivity contribution in [3.05, 3.63) is 0 Å². The number of hydrogen-bond acceptors (Lipinski definition) is 8. The van der Waals surface area contributed by atoms with Crippen molar-refractivity contribution in [1.29, 1.82) is 0 Å². The van der Waals surface area contributed by atoms with Crippen LogP contribution < -0.4 is 21.3 Å². The van der Waals surface area contributed by atoms with Crippen molar-refractivity contribution in [2.75, 3.05) is 0 Å². The number of carbonyl (C=O) groups excluding carboxylic acids is 6. The Balaban J connectivity index is -0.0000000748. The van der Waals surface area contributed by atoms with E-state index in [4.69, 9.17) is 0 Å². The number of amides is 4. The lowest BCUT2D eigenvalue weighted by Crippen LogP contribution is -2.49. The van der Waals surface area contributed by atoms with Gasteiger partial charge in [-0.1, -0.05) is 120 Å². The number of aliphatic hydroxyl groups is 2. The molecule has 0 rings (SSSR count). The van der Waals surface area contributed by atoms with Crippen LogP contribution in [0.25, 0.3) is 0 Å². The van der Waals surface area contributed by atoms with Gasteiger partial charge in [0.1, 0.15) is 12.2 Å². The largest absolute Gasteiger partial charge is 0.383 e. The molecule has 0 aromatic carbocycles. The molecule has 6 N–H and O–H groups in total. The van der Waals surface area contributed by atoms with E-state index in [1.807, 2.05) is 125 Å². The average Bonchev–Trinajstić information content (AvgIpc) is 2.81. The summed E-state index contributed by atoms with van der Waals surface area (Å²) in [5.41, 5.74) is -3.29. The van der Waals surface area contributed by atoms with Crippen molar-refractivity contribution in [2.24, 2.45) is 21.7 Å². The van der Waals surface area contributed by atoms with Gasteiger partial charge >= 0.3 is 0 Å². The number of hydrogen-bond donors (Lipinski definition) is 6. The molecule has 0 aromatic rings. The minimum absolute atomic E-state index is 0. The topological polar surface area (TPSA) is 191 Å². The van der Waals surface area contributed by atoms with Crippen molar-refractivity contribution in [2.45, 2.75) is 238 Å². The molecule has 0 fully saturated rings. The first-order chi connectivity index (χ1) is 22.2. The molecule has 12 heteroatoms. The third-order valence-electron chi connectivity index (χ3n) is 5.89. The molecule has 0 aliphatic heterocycles. The van der Waals surface area contributed by atoms with E-state index in [1.165, 1.54) is 0 Å². The standard InChI is InChI=1S/2C10H21NO2.2C10H19NO2.5CH4/c4*1-9(2,3)7(12)8(13)11-10(4,5)6;;;;;/h2*7,12H,1-6H3,(H,11,13);2*1-6H3,(H,11,13);5*1H4. The lowest BCUT2D eigenvalue weighted by atomic mass is 9.88. The van der Waals surface area contributed by atoms with E-state index in [9.17, 15) is 39.0 Å². The summed E-state index contributed by atoms with van der Waals surface area (Å²) in [7, 11) is 0. The minimum Gasteiger partial charge on any atom is -0.383 e. The highest BCUT2D eigenvalue weighted by Crippen LogP contribution is 2.21. The summed E-state index contributed by atoms with van der Waals surface area (Å²) >= 11 is 0. The van der Waals surface area contributed by atoms with E-state index in [0.717, 1.165) is 0 Å². The number of Topliss-reactive ketones (excluding diaryl/α,β-unsaturated/α-hetero) is 2. The van der Waals surface area contributed by atoms with Crippen molar-refractivity contribution in [1.82, 2.24) is 21.3 Å². The molecule has 0 aliphatic carbocycles. The Bertz CT molecular complexity index is 1090. The van der Waals surface area contributed by atoms with Crippen molar-refractivity contribution in [3.63, 3.8) is 0 Å². The molecule has 2 unspecified atom stereocenters. The first-order valence-corrected chi connectivity index (χ1v) is 17.9. The van der Waals surface area contributed by atoms with Gasteiger partial charge in [-0.15, -0.1) is 0 Å². The molecule has 0 radical (unpaired) electrons. The van der Waals surface area contributed by atoms with Crippen LogP contribution in [0.3, 0.4) is 0 Å². The lowest BCUT2D eigenvalue weighted by molar-refractivity contribution is -0.143. The molecule has 0 bridgehead atoms. The Kier molecular flexibility index (Phi) is 35.5. The molecule has 57 heavy (non-hydrogen) atoms. The third-order valence-corrected chi connectivity index (χ3v) is 5.89. The van der Waals surface area contributed by atoms with Crippen molar-refractivity contribution < 1.29 is 39.0 Å². The van der Waals surface area contributed by atoms with Gasteiger partial charge in [-0.05, 0) is 93.9 Å². The predicted molar refractivity (Wildman–Crippen MR) is 245 cm³/mol. The summed E-state index contributed by atoms with van der Waals surface area (Å²) < 4.78 is 0. The summed E-state index contributed by atoms with van der Waals surface area (Å²) in [5, 5.41) is 30.0. The normalized spacial score (nSPS) is 12.7. The van der Waals surface area contributed by atoms with Crippen LogP contribution in [0, 0.1) is 21.7 Å². The van der Waals surface area contributed by atoms with Crippen LogP contribution >= 0.6 is 0 Å². The highest BCUT2D eigenvalue weighted by Gasteiger charge is 2.33. The second-order valence-corrected chi connectivity index (χ2v) is 21.6. The molecular weight excluding hydrogens is 725 g/mol. The molecule has 0 aromatic heterocycles. The number of carbonyl (C=O) groups is 6. The van der Waals surface area contributed by atoms with Crippen LogP contribution in [0.1, 0.15) is 203 Å². The van der Waals surface area contributed by atoms with E-state index in [0.29, 0.717) is 0 Å². The van der Waals surface area contributed by atoms with Gasteiger partial charge in [0.05, 0.1) is 0 Å². The summed E-state index contributed by atoms with van der Waals surface area (Å²) in [4.78, 5) is 68.4. The van der Waals surface area contributed by atoms with E-state index in [-0.39, 0.29) is 82.7 Å². The zero-order chi connectivity index (χ0) is 43.4. The van der Waals surface area contributed by atoms with Crippen LogP contribution in [0.5, 0.6) is 0 Å². The molecule has 0 aliphatic rings. The second-order valence-electron chi connectivity index (χ2n) is 21.6. The SMILES string of the molecule is C.C.C.C.C.CC(C)(C)NC(=O)C(=O)C(C)(C)C.CC(C)(C)NC(=O)C(=O)C(C)(C)C.CC(C)(C)NC(=O)C(O)C(C)(C)C.CC(C)(C)NC(=O)C(O)C(C)(C)C. The van der Waals surface area contributed by atoms with Gasteiger partial charge in [0, 0.05) is 33.0 Å². The molecule has 2 atom stereocenters. The molecule has 0 saturated heterocycles. The van der Waals surface area contributed by atoms with Gasteiger partial charge < -0.3 is 31.5 Å². The van der Waals surface area contributed by atoms with E-state index in [2.05, 4.69) is 21.3 Å². The maximum absolute atomic E-state index is 11.4. The predicted octanol–water partition coefficient (Wildman–Crippen LogP) is 8.83. The monoisotopic (exact) mass is 825 g/mol. The van der Waals surface area contributed by atoms with Crippen LogP contribution in [0.2, 0.25) is 0 Å². The highest BCUT2D eigenvalue weighted by atomic mass is 16.3. The fourth-order valence-corrected chi connectivity index (χ4v) is 3.14. The second kappa shape index (κ2) is 27.0. The Hall–Kier alpha value is -2.86. The Labute approximate surface area is 354 Å². The molecule has 0 saturated carbocycles. The maximum Gasteiger partial charge on any atom is 0.288 e. The highest BCUT2D eigenvalue weighted by molar-refractivity contribution is 6.38. The smallest absolute Gasteiger partial charge is 0.288 e. The Morgan fingerprint density at radius 2 is 0.491 bits per heavy atom. The van der Waals surface area contributed by atoms with Gasteiger partial charge in [-0.3, -0.25) is 28.8 Å². The number of rotatable bonds is 4. The number of ketones is 2. The van der Waals surface area contributed by atoms with Crippen LogP contribution in [0.15, 0.2) is 0 Å². The molecule has 12 nitrogen and oxygen atoms in total. The Morgan fingerprint density at radius 3 is 0.596 bits per heavy atom. The molecular formula is C45H100N4O8. The average molecular weight is 825 g/mol. The van der Waals surface area contributed by atoms with E-state index >= 15 is 0 Å². The van der Waals surface area contributed by atoms with Gasteiger partial charge in [0.15, 0.2) is 0 Å². The van der Waals surface area contributed by atoms with Crippen molar-refractivity contribution >= 4 is 35.2 Å². The number of aliphatic hydroxyl groups excluding tert-OH is 2. The fraction of sp³-hybridized carbons (Fsp3) is 0.867. The quantitative estimate of drug-likeness (QED) is 0.152. The van der Waals surface area contributed by atoms with Crippen LogP contribution in [0.4, 0.5) is 0 Å². The van der Waals surface area contributed by atoms with Crippen LogP contribution in [-0.2, 0) is 28.8 Å². The summed E-state index contributed by atoms with van der Waals surface area (Å²) in [6.45, 7) is 43.8. The van der Waals surface area contributed by atoms with Gasteiger partial charge in [0.25, 0.3) is 11.8 Å². The maximum atomic E-state index is 11.4. The summed E-state index contributed by atoms with van der Waals surface area (Å²) in [5.74, 6) is -2.36.